The Kier molecular flexibility index (Phi) is 4.72. The van der Waals surface area contributed by atoms with Crippen LogP contribution in [0.3, 0.4) is 0 Å². The number of aliphatic hydroxyl groups is 1. The van der Waals surface area contributed by atoms with Crippen LogP contribution in [0.25, 0.3) is 10.8 Å². The van der Waals surface area contributed by atoms with Gasteiger partial charge in [0, 0.05) is 12.6 Å². The van der Waals surface area contributed by atoms with Gasteiger partial charge in [-0.2, -0.15) is 0 Å². The van der Waals surface area contributed by atoms with Crippen LogP contribution in [-0.2, 0) is 0 Å². The molecule has 0 aliphatic carbocycles. The molecule has 2 nitrogen and oxygen atoms in total. The minimum absolute atomic E-state index is 0.193. The Balaban J connectivity index is 2.35. The second-order valence-electron chi connectivity index (χ2n) is 4.90. The van der Waals surface area contributed by atoms with E-state index in [2.05, 4.69) is 54.4 Å². The van der Waals surface area contributed by atoms with E-state index in [1.54, 1.807) is 6.92 Å². The Morgan fingerprint density at radius 1 is 1.21 bits per heavy atom. The van der Waals surface area contributed by atoms with Gasteiger partial charge in [0.1, 0.15) is 0 Å². The van der Waals surface area contributed by atoms with Crippen LogP contribution in [0.15, 0.2) is 55.1 Å². The Morgan fingerprint density at radius 2 is 1.95 bits per heavy atom. The Bertz CT molecular complexity index is 542. The highest BCUT2D eigenvalue weighted by Gasteiger charge is 2.12. The van der Waals surface area contributed by atoms with Gasteiger partial charge in [-0.25, -0.2) is 0 Å². The largest absolute Gasteiger partial charge is 0.392 e. The van der Waals surface area contributed by atoms with Crippen molar-refractivity contribution in [3.05, 3.63) is 60.7 Å². The van der Waals surface area contributed by atoms with Crippen molar-refractivity contribution in [3.63, 3.8) is 0 Å². The Morgan fingerprint density at radius 3 is 2.68 bits per heavy atom. The van der Waals surface area contributed by atoms with Crippen LogP contribution in [0.4, 0.5) is 0 Å². The molecular weight excluding hydrogens is 234 g/mol. The van der Waals surface area contributed by atoms with Crippen molar-refractivity contribution in [2.24, 2.45) is 0 Å². The van der Waals surface area contributed by atoms with E-state index >= 15 is 0 Å². The maximum Gasteiger partial charge on any atom is 0.0636 e. The lowest BCUT2D eigenvalue weighted by Crippen LogP contribution is -2.28. The zero-order valence-electron chi connectivity index (χ0n) is 11.3. The van der Waals surface area contributed by atoms with Gasteiger partial charge in [-0.15, -0.1) is 6.58 Å². The SMILES string of the molecule is C=CCC(NCC(C)O)c1cccc2ccccc12. The predicted molar refractivity (Wildman–Crippen MR) is 81.2 cm³/mol. The first kappa shape index (κ1) is 13.8. The summed E-state index contributed by atoms with van der Waals surface area (Å²) in [4.78, 5) is 0. The van der Waals surface area contributed by atoms with Crippen molar-refractivity contribution in [2.75, 3.05) is 6.54 Å². The molecule has 0 bridgehead atoms. The minimum Gasteiger partial charge on any atom is -0.392 e. The number of fused-ring (bicyclic) bond motifs is 1. The van der Waals surface area contributed by atoms with Gasteiger partial charge in [0.25, 0.3) is 0 Å². The number of hydrogen-bond donors (Lipinski definition) is 2. The first-order valence-corrected chi connectivity index (χ1v) is 6.72. The zero-order valence-corrected chi connectivity index (χ0v) is 11.3. The van der Waals surface area contributed by atoms with Crippen LogP contribution in [0, 0.1) is 0 Å². The van der Waals surface area contributed by atoms with Gasteiger partial charge in [0.2, 0.25) is 0 Å². The predicted octanol–water partition coefficient (Wildman–Crippen LogP) is 3.43. The average Bonchev–Trinajstić information content (AvgIpc) is 2.43. The Labute approximate surface area is 114 Å². The van der Waals surface area contributed by atoms with E-state index in [0.29, 0.717) is 6.54 Å². The summed E-state index contributed by atoms with van der Waals surface area (Å²) in [5.41, 5.74) is 1.26. The molecule has 0 heterocycles. The van der Waals surface area contributed by atoms with Gasteiger partial charge >= 0.3 is 0 Å². The van der Waals surface area contributed by atoms with Gasteiger partial charge in [0.15, 0.2) is 0 Å². The summed E-state index contributed by atoms with van der Waals surface area (Å²) < 4.78 is 0. The van der Waals surface area contributed by atoms with Gasteiger partial charge in [-0.05, 0) is 29.7 Å². The minimum atomic E-state index is -0.345. The van der Waals surface area contributed by atoms with E-state index in [-0.39, 0.29) is 12.1 Å². The van der Waals surface area contributed by atoms with E-state index in [0.717, 1.165) is 6.42 Å². The molecule has 2 unspecified atom stereocenters. The highest BCUT2D eigenvalue weighted by molar-refractivity contribution is 5.86. The molecule has 2 aromatic rings. The quantitative estimate of drug-likeness (QED) is 0.775. The van der Waals surface area contributed by atoms with Crippen molar-refractivity contribution < 1.29 is 5.11 Å². The molecule has 0 spiro atoms. The molecule has 100 valence electrons. The lowest BCUT2D eigenvalue weighted by Gasteiger charge is -2.20. The molecule has 19 heavy (non-hydrogen) atoms. The number of rotatable bonds is 6. The number of nitrogens with one attached hydrogen (secondary N) is 1. The molecule has 0 aliphatic rings. The first-order valence-electron chi connectivity index (χ1n) is 6.72. The van der Waals surface area contributed by atoms with Crippen molar-refractivity contribution in [3.8, 4) is 0 Å². The van der Waals surface area contributed by atoms with Gasteiger partial charge in [0.05, 0.1) is 6.10 Å². The maximum atomic E-state index is 9.44. The van der Waals surface area contributed by atoms with Crippen molar-refractivity contribution in [1.82, 2.24) is 5.32 Å². The number of benzene rings is 2. The lowest BCUT2D eigenvalue weighted by molar-refractivity contribution is 0.186. The molecule has 0 saturated carbocycles. The summed E-state index contributed by atoms with van der Waals surface area (Å²) in [7, 11) is 0. The monoisotopic (exact) mass is 255 g/mol. The summed E-state index contributed by atoms with van der Waals surface area (Å²) >= 11 is 0. The van der Waals surface area contributed by atoms with Crippen LogP contribution < -0.4 is 5.32 Å². The standard InChI is InChI=1S/C17H21NO/c1-3-7-17(18-12-13(2)19)16-11-6-9-14-8-4-5-10-15(14)16/h3-6,8-11,13,17-19H,1,7,12H2,2H3. The molecule has 0 aliphatic heterocycles. The molecule has 2 aromatic carbocycles. The van der Waals surface area contributed by atoms with Crippen molar-refractivity contribution in [1.29, 1.82) is 0 Å². The molecule has 0 radical (unpaired) electrons. The fourth-order valence-electron chi connectivity index (χ4n) is 2.35. The molecular formula is C17H21NO. The second-order valence-corrected chi connectivity index (χ2v) is 4.90. The molecule has 0 aromatic heterocycles. The lowest BCUT2D eigenvalue weighted by atomic mass is 9.96. The normalized spacial score (nSPS) is 14.2. The average molecular weight is 255 g/mol. The summed E-state index contributed by atoms with van der Waals surface area (Å²) in [6.07, 6.45) is 2.42. The van der Waals surface area contributed by atoms with E-state index in [9.17, 15) is 5.11 Å². The van der Waals surface area contributed by atoms with Gasteiger partial charge in [-0.3, -0.25) is 0 Å². The van der Waals surface area contributed by atoms with Crippen molar-refractivity contribution >= 4 is 10.8 Å². The smallest absolute Gasteiger partial charge is 0.0636 e. The van der Waals surface area contributed by atoms with Crippen LogP contribution in [-0.4, -0.2) is 17.8 Å². The third-order valence-electron chi connectivity index (χ3n) is 3.26. The van der Waals surface area contributed by atoms with Gasteiger partial charge in [-0.1, -0.05) is 48.5 Å². The molecule has 0 fully saturated rings. The maximum absolute atomic E-state index is 9.44. The second kappa shape index (κ2) is 6.50. The molecule has 2 rings (SSSR count). The molecule has 2 heteroatoms. The number of aliphatic hydroxyl groups excluding tert-OH is 1. The van der Waals surface area contributed by atoms with Crippen LogP contribution >= 0.6 is 0 Å². The molecule has 0 saturated heterocycles. The fourth-order valence-corrected chi connectivity index (χ4v) is 2.35. The van der Waals surface area contributed by atoms with E-state index in [1.807, 2.05) is 6.08 Å². The van der Waals surface area contributed by atoms with Crippen LogP contribution in [0.2, 0.25) is 0 Å². The van der Waals surface area contributed by atoms with Gasteiger partial charge < -0.3 is 10.4 Å². The summed E-state index contributed by atoms with van der Waals surface area (Å²) in [5.74, 6) is 0. The topological polar surface area (TPSA) is 32.3 Å². The summed E-state index contributed by atoms with van der Waals surface area (Å²) in [6, 6.07) is 14.9. The molecule has 0 amide bonds. The highest BCUT2D eigenvalue weighted by Crippen LogP contribution is 2.26. The van der Waals surface area contributed by atoms with E-state index < -0.39 is 0 Å². The fraction of sp³-hybridized carbons (Fsp3) is 0.294. The summed E-state index contributed by atoms with van der Waals surface area (Å²) in [6.45, 7) is 6.21. The third kappa shape index (κ3) is 3.43. The third-order valence-corrected chi connectivity index (χ3v) is 3.26. The van der Waals surface area contributed by atoms with Crippen molar-refractivity contribution in [2.45, 2.75) is 25.5 Å². The van der Waals surface area contributed by atoms with E-state index in [1.165, 1.54) is 16.3 Å². The Hall–Kier alpha value is -1.64. The molecule has 2 atom stereocenters. The van der Waals surface area contributed by atoms with Crippen LogP contribution in [0.1, 0.15) is 24.9 Å². The van der Waals surface area contributed by atoms with Crippen LogP contribution in [0.5, 0.6) is 0 Å². The summed E-state index contributed by atoms with van der Waals surface area (Å²) in [5, 5.41) is 15.4. The first-order chi connectivity index (χ1) is 9.22. The highest BCUT2D eigenvalue weighted by atomic mass is 16.3. The van der Waals surface area contributed by atoms with E-state index in [4.69, 9.17) is 0 Å². The zero-order chi connectivity index (χ0) is 13.7. The molecule has 2 N–H and O–H groups in total. The number of hydrogen-bond acceptors (Lipinski definition) is 2.